The topological polar surface area (TPSA) is 80.7 Å². The number of rotatable bonds is 15. The molecular formula is C27H36F2O5. The number of benzene rings is 1. The van der Waals surface area contributed by atoms with E-state index in [0.29, 0.717) is 25.7 Å². The van der Waals surface area contributed by atoms with Crippen molar-refractivity contribution in [1.29, 1.82) is 0 Å². The van der Waals surface area contributed by atoms with Gasteiger partial charge in [0.1, 0.15) is 12.4 Å². The van der Waals surface area contributed by atoms with E-state index in [2.05, 4.69) is 0 Å². The number of hydrogen-bond acceptors (Lipinski definition) is 5. The van der Waals surface area contributed by atoms with Gasteiger partial charge in [0.25, 0.3) is 0 Å². The molecule has 3 atom stereocenters. The predicted molar refractivity (Wildman–Crippen MR) is 125 cm³/mol. The van der Waals surface area contributed by atoms with Gasteiger partial charge >= 0.3 is 11.9 Å². The molecule has 5 nitrogen and oxygen atoms in total. The van der Waals surface area contributed by atoms with Crippen LogP contribution >= 0.6 is 0 Å². The van der Waals surface area contributed by atoms with Crippen LogP contribution in [0, 0.1) is 11.8 Å². The maximum atomic E-state index is 13.9. The van der Waals surface area contributed by atoms with Gasteiger partial charge in [-0.1, -0.05) is 55.8 Å². The molecule has 0 spiro atoms. The van der Waals surface area contributed by atoms with Crippen LogP contribution in [0.25, 0.3) is 0 Å². The first-order valence-corrected chi connectivity index (χ1v) is 12.2. The number of aliphatic hydroxyl groups excluding tert-OH is 1. The van der Waals surface area contributed by atoms with Gasteiger partial charge in [-0.2, -0.15) is 8.78 Å². The van der Waals surface area contributed by atoms with Crippen molar-refractivity contribution in [2.45, 2.75) is 89.8 Å². The second kappa shape index (κ2) is 14.1. The van der Waals surface area contributed by atoms with Crippen LogP contribution in [0.15, 0.2) is 42.5 Å². The van der Waals surface area contributed by atoms with Crippen LogP contribution in [0.5, 0.6) is 0 Å². The fourth-order valence-electron chi connectivity index (χ4n) is 4.27. The number of Topliss-reactive ketones (excluding diaryl/α,β-unsaturated/α-hetero) is 2. The van der Waals surface area contributed by atoms with E-state index < -0.39 is 36.1 Å². The van der Waals surface area contributed by atoms with Gasteiger partial charge in [-0.3, -0.25) is 14.4 Å². The van der Waals surface area contributed by atoms with Gasteiger partial charge in [0, 0.05) is 31.6 Å². The summed E-state index contributed by atoms with van der Waals surface area (Å²) in [7, 11) is 0. The number of carbonyl (C=O) groups excluding carboxylic acids is 3. The lowest BCUT2D eigenvalue weighted by molar-refractivity contribution is -0.145. The number of unbranched alkanes of at least 4 members (excludes halogenated alkanes) is 2. The van der Waals surface area contributed by atoms with Gasteiger partial charge in [0.2, 0.25) is 5.78 Å². The van der Waals surface area contributed by atoms with Crippen molar-refractivity contribution in [2.24, 2.45) is 11.8 Å². The molecule has 0 bridgehead atoms. The Morgan fingerprint density at radius 2 is 1.88 bits per heavy atom. The highest BCUT2D eigenvalue weighted by atomic mass is 19.3. The summed E-state index contributed by atoms with van der Waals surface area (Å²) < 4.78 is 33.1. The van der Waals surface area contributed by atoms with E-state index in [-0.39, 0.29) is 50.5 Å². The average molecular weight is 479 g/mol. The average Bonchev–Trinajstić information content (AvgIpc) is 3.09. The maximum Gasteiger partial charge on any atom is 0.306 e. The number of ether oxygens (including phenoxy) is 1. The molecule has 1 N–H and O–H groups in total. The van der Waals surface area contributed by atoms with E-state index in [9.17, 15) is 28.3 Å². The minimum atomic E-state index is -3.35. The molecule has 1 aliphatic rings. The Labute approximate surface area is 200 Å². The van der Waals surface area contributed by atoms with Crippen LogP contribution in [0.3, 0.4) is 0 Å². The van der Waals surface area contributed by atoms with Crippen LogP contribution in [-0.2, 0) is 25.7 Å². The second-order valence-corrected chi connectivity index (χ2v) is 9.02. The highest BCUT2D eigenvalue weighted by molar-refractivity contribution is 5.86. The lowest BCUT2D eigenvalue weighted by atomic mass is 9.86. The van der Waals surface area contributed by atoms with E-state index in [0.717, 1.165) is 5.56 Å². The van der Waals surface area contributed by atoms with Crippen molar-refractivity contribution >= 4 is 17.5 Å². The molecule has 0 radical (unpaired) electrons. The number of alkyl halides is 2. The fraction of sp³-hybridized carbons (Fsp3) is 0.593. The summed E-state index contributed by atoms with van der Waals surface area (Å²) in [6.07, 6.45) is 4.88. The standard InChI is InChI=1S/C27H36F2O5/c1-2-3-17-27(28,29)25(32)16-15-22-21(23(30)18-24(22)31)13-9-4-5-10-14-26(33)34-19-20-11-7-6-8-12-20/h4,6-9,11-12,21-22,24,31H,2-3,5,10,13-19H2,1H3/b9-4-/t21-,22-,24-/m1/s1. The van der Waals surface area contributed by atoms with Crippen molar-refractivity contribution in [3.8, 4) is 0 Å². The van der Waals surface area contributed by atoms with Gasteiger partial charge in [-0.25, -0.2) is 0 Å². The molecule has 0 saturated heterocycles. The molecule has 1 aromatic rings. The highest BCUT2D eigenvalue weighted by Gasteiger charge is 2.43. The molecule has 1 aliphatic carbocycles. The number of aliphatic hydroxyl groups is 1. The largest absolute Gasteiger partial charge is 0.461 e. The molecule has 7 heteroatoms. The van der Waals surface area contributed by atoms with Crippen LogP contribution in [-0.4, -0.2) is 34.7 Å². The zero-order valence-electron chi connectivity index (χ0n) is 19.9. The molecule has 0 aromatic heterocycles. The predicted octanol–water partition coefficient (Wildman–Crippen LogP) is 5.59. The molecule has 188 valence electrons. The van der Waals surface area contributed by atoms with Crippen molar-refractivity contribution in [3.63, 3.8) is 0 Å². The third-order valence-electron chi connectivity index (χ3n) is 6.34. The zero-order valence-corrected chi connectivity index (χ0v) is 19.9. The number of allylic oxidation sites excluding steroid dienone is 2. The van der Waals surface area contributed by atoms with Gasteiger partial charge in [0.05, 0.1) is 6.10 Å². The smallest absolute Gasteiger partial charge is 0.306 e. The van der Waals surface area contributed by atoms with E-state index in [1.54, 1.807) is 6.92 Å². The van der Waals surface area contributed by atoms with Gasteiger partial charge in [0.15, 0.2) is 0 Å². The lowest BCUT2D eigenvalue weighted by Crippen LogP contribution is -2.30. The molecule has 1 aromatic carbocycles. The molecule has 2 rings (SSSR count). The van der Waals surface area contributed by atoms with E-state index in [4.69, 9.17) is 4.74 Å². The number of esters is 1. The molecule has 1 saturated carbocycles. The number of halogens is 2. The lowest BCUT2D eigenvalue weighted by Gasteiger charge is -2.21. The number of hydrogen-bond donors (Lipinski definition) is 1. The minimum Gasteiger partial charge on any atom is -0.461 e. The molecule has 0 aliphatic heterocycles. The molecule has 0 unspecified atom stereocenters. The Balaban J connectivity index is 1.71. The first kappa shape index (κ1) is 27.8. The van der Waals surface area contributed by atoms with Crippen LogP contribution in [0.4, 0.5) is 8.78 Å². The summed E-state index contributed by atoms with van der Waals surface area (Å²) in [5, 5.41) is 10.2. The Bertz CT molecular complexity index is 822. The van der Waals surface area contributed by atoms with Crippen molar-refractivity contribution in [2.75, 3.05) is 0 Å². The normalized spacial score (nSPS) is 20.7. The quantitative estimate of drug-likeness (QED) is 0.202. The van der Waals surface area contributed by atoms with E-state index in [1.165, 1.54) is 0 Å². The molecule has 1 fully saturated rings. The first-order valence-electron chi connectivity index (χ1n) is 12.2. The van der Waals surface area contributed by atoms with Crippen molar-refractivity contribution in [1.82, 2.24) is 0 Å². The van der Waals surface area contributed by atoms with Crippen LogP contribution in [0.2, 0.25) is 0 Å². The maximum absolute atomic E-state index is 13.9. The molecular weight excluding hydrogens is 442 g/mol. The summed E-state index contributed by atoms with van der Waals surface area (Å²) in [6, 6.07) is 9.43. The summed E-state index contributed by atoms with van der Waals surface area (Å²) >= 11 is 0. The molecule has 34 heavy (non-hydrogen) atoms. The summed E-state index contributed by atoms with van der Waals surface area (Å²) in [6.45, 7) is 2.03. The summed E-state index contributed by atoms with van der Waals surface area (Å²) in [5.74, 6) is -5.79. The summed E-state index contributed by atoms with van der Waals surface area (Å²) in [5.41, 5.74) is 0.931. The van der Waals surface area contributed by atoms with Gasteiger partial charge < -0.3 is 9.84 Å². The Morgan fingerprint density at radius 3 is 2.59 bits per heavy atom. The fourth-order valence-corrected chi connectivity index (χ4v) is 4.27. The first-order chi connectivity index (χ1) is 16.2. The summed E-state index contributed by atoms with van der Waals surface area (Å²) in [4.78, 5) is 36.1. The van der Waals surface area contributed by atoms with Crippen molar-refractivity contribution in [3.05, 3.63) is 48.0 Å². The van der Waals surface area contributed by atoms with Crippen LogP contribution < -0.4 is 0 Å². The highest BCUT2D eigenvalue weighted by Crippen LogP contribution is 2.36. The second-order valence-electron chi connectivity index (χ2n) is 9.02. The van der Waals surface area contributed by atoms with Gasteiger partial charge in [-0.15, -0.1) is 0 Å². The van der Waals surface area contributed by atoms with E-state index >= 15 is 0 Å². The number of ketones is 2. The third kappa shape index (κ3) is 9.09. The van der Waals surface area contributed by atoms with E-state index in [1.807, 2.05) is 42.5 Å². The minimum absolute atomic E-state index is 0.00313. The Kier molecular flexibility index (Phi) is 11.5. The SMILES string of the molecule is CCCCC(F)(F)C(=O)CC[C@H]1[C@H](O)CC(=O)[C@@H]1C/C=C\CCCC(=O)OCc1ccccc1. The Hall–Kier alpha value is -2.41. The molecule has 0 amide bonds. The zero-order chi connectivity index (χ0) is 25.0. The monoisotopic (exact) mass is 478 g/mol. The number of carbonyl (C=O) groups is 3. The van der Waals surface area contributed by atoms with Crippen LogP contribution in [0.1, 0.15) is 76.7 Å². The molecule has 0 heterocycles. The third-order valence-corrected chi connectivity index (χ3v) is 6.34. The van der Waals surface area contributed by atoms with Gasteiger partial charge in [-0.05, 0) is 43.6 Å². The van der Waals surface area contributed by atoms with Crippen molar-refractivity contribution < 1.29 is 33.0 Å². The Morgan fingerprint density at radius 1 is 1.15 bits per heavy atom.